The van der Waals surface area contributed by atoms with Crippen molar-refractivity contribution >= 4 is 5.69 Å². The number of nitrogens with zero attached hydrogens (tertiary/aromatic N) is 3. The molecule has 2 aromatic carbocycles. The molecule has 3 aromatic rings. The molecule has 8 heteroatoms. The van der Waals surface area contributed by atoms with Gasteiger partial charge in [-0.1, -0.05) is 6.07 Å². The number of nitrogens with one attached hydrogen (secondary N) is 1. The minimum absolute atomic E-state index is 0.0597. The lowest BCUT2D eigenvalue weighted by molar-refractivity contribution is -0.384. The van der Waals surface area contributed by atoms with Crippen molar-refractivity contribution < 1.29 is 14.4 Å². The number of rotatable bonds is 9. The van der Waals surface area contributed by atoms with E-state index in [-0.39, 0.29) is 5.69 Å². The fourth-order valence-electron chi connectivity index (χ4n) is 2.73. The molecule has 0 radical (unpaired) electrons. The molecule has 0 unspecified atom stereocenters. The zero-order valence-corrected chi connectivity index (χ0v) is 15.8. The second kappa shape index (κ2) is 9.01. The van der Waals surface area contributed by atoms with Crippen LogP contribution in [0.4, 0.5) is 5.69 Å². The fraction of sp³-hybridized carbons (Fsp3) is 0.250. The highest BCUT2D eigenvalue weighted by Crippen LogP contribution is 2.29. The smallest absolute Gasteiger partial charge is 0.269 e. The lowest BCUT2D eigenvalue weighted by Gasteiger charge is -2.12. The number of aromatic nitrogens is 2. The van der Waals surface area contributed by atoms with Gasteiger partial charge in [-0.25, -0.2) is 0 Å². The Labute approximate surface area is 162 Å². The summed E-state index contributed by atoms with van der Waals surface area (Å²) in [5, 5.41) is 18.2. The molecule has 8 nitrogen and oxygen atoms in total. The zero-order valence-electron chi connectivity index (χ0n) is 15.8. The summed E-state index contributed by atoms with van der Waals surface area (Å²) in [5.74, 6) is 1.26. The van der Waals surface area contributed by atoms with Crippen LogP contribution in [0.3, 0.4) is 0 Å². The number of hydrogen-bond donors (Lipinski definition) is 1. The number of ether oxygens (including phenoxy) is 2. The lowest BCUT2D eigenvalue weighted by Crippen LogP contribution is -2.12. The van der Waals surface area contributed by atoms with Crippen LogP contribution in [0.2, 0.25) is 0 Å². The summed E-state index contributed by atoms with van der Waals surface area (Å²) in [6, 6.07) is 12.1. The van der Waals surface area contributed by atoms with Gasteiger partial charge in [0.1, 0.15) is 6.61 Å². The van der Waals surface area contributed by atoms with Crippen LogP contribution in [0.1, 0.15) is 16.7 Å². The Hall–Kier alpha value is -3.39. The molecule has 3 rings (SSSR count). The summed E-state index contributed by atoms with van der Waals surface area (Å²) >= 11 is 0. The molecule has 0 spiro atoms. The molecule has 0 aliphatic heterocycles. The first-order chi connectivity index (χ1) is 13.5. The van der Waals surface area contributed by atoms with E-state index < -0.39 is 4.92 Å². The number of nitro groups is 1. The maximum Gasteiger partial charge on any atom is 0.269 e. The second-order valence-electron chi connectivity index (χ2n) is 6.32. The van der Waals surface area contributed by atoms with E-state index in [9.17, 15) is 10.1 Å². The summed E-state index contributed by atoms with van der Waals surface area (Å²) in [4.78, 5) is 10.3. The lowest BCUT2D eigenvalue weighted by atomic mass is 10.2. The standard InChI is InChI=1S/C20H22N4O4/c1-23-13-17(12-22-23)11-21-10-16-5-8-19(20(9-16)27-2)28-14-15-3-6-18(7-4-15)24(25)26/h3-9,12-13,21H,10-11,14H2,1-2H3. The number of nitro benzene ring substituents is 1. The molecule has 0 atom stereocenters. The SMILES string of the molecule is COc1cc(CNCc2cnn(C)c2)ccc1OCc1ccc([N+](=O)[O-])cc1. The molecular formula is C20H22N4O4. The van der Waals surface area contributed by atoms with Crippen LogP contribution in [0, 0.1) is 10.1 Å². The van der Waals surface area contributed by atoms with E-state index in [1.54, 1.807) is 23.9 Å². The van der Waals surface area contributed by atoms with Crippen molar-refractivity contribution in [2.45, 2.75) is 19.7 Å². The summed E-state index contributed by atoms with van der Waals surface area (Å²) in [6.45, 7) is 1.72. The Bertz CT molecular complexity index is 938. The van der Waals surface area contributed by atoms with Gasteiger partial charge >= 0.3 is 0 Å². The number of non-ortho nitro benzene ring substituents is 1. The third-order valence-corrected chi connectivity index (χ3v) is 4.19. The van der Waals surface area contributed by atoms with Crippen molar-refractivity contribution in [3.05, 3.63) is 81.7 Å². The number of hydrogen-bond acceptors (Lipinski definition) is 6. The number of methoxy groups -OCH3 is 1. The topological polar surface area (TPSA) is 91.5 Å². The second-order valence-corrected chi connectivity index (χ2v) is 6.32. The van der Waals surface area contributed by atoms with E-state index in [0.29, 0.717) is 24.7 Å². The molecule has 1 heterocycles. The normalized spacial score (nSPS) is 10.6. The molecule has 1 aromatic heterocycles. The van der Waals surface area contributed by atoms with Crippen LogP contribution in [0.25, 0.3) is 0 Å². The van der Waals surface area contributed by atoms with Crippen molar-refractivity contribution in [3.63, 3.8) is 0 Å². The van der Waals surface area contributed by atoms with Crippen LogP contribution in [0.15, 0.2) is 54.9 Å². The third kappa shape index (κ3) is 5.08. The van der Waals surface area contributed by atoms with Gasteiger partial charge in [0.05, 0.1) is 18.2 Å². The quantitative estimate of drug-likeness (QED) is 0.451. The van der Waals surface area contributed by atoms with Crippen molar-refractivity contribution in [1.29, 1.82) is 0 Å². The van der Waals surface area contributed by atoms with Crippen LogP contribution in [0.5, 0.6) is 11.5 Å². The van der Waals surface area contributed by atoms with Gasteiger partial charge < -0.3 is 14.8 Å². The first-order valence-corrected chi connectivity index (χ1v) is 8.76. The molecule has 0 bridgehead atoms. The van der Waals surface area contributed by atoms with Gasteiger partial charge in [-0.2, -0.15) is 5.10 Å². The largest absolute Gasteiger partial charge is 0.493 e. The molecule has 0 aliphatic carbocycles. The maximum absolute atomic E-state index is 10.7. The summed E-state index contributed by atoms with van der Waals surface area (Å²) in [6.07, 6.45) is 3.81. The van der Waals surface area contributed by atoms with Crippen molar-refractivity contribution in [3.8, 4) is 11.5 Å². The van der Waals surface area contributed by atoms with E-state index in [0.717, 1.165) is 23.2 Å². The highest BCUT2D eigenvalue weighted by Gasteiger charge is 2.08. The third-order valence-electron chi connectivity index (χ3n) is 4.19. The van der Waals surface area contributed by atoms with E-state index >= 15 is 0 Å². The zero-order chi connectivity index (χ0) is 19.9. The Morgan fingerprint density at radius 2 is 1.79 bits per heavy atom. The minimum Gasteiger partial charge on any atom is -0.493 e. The Morgan fingerprint density at radius 1 is 1.07 bits per heavy atom. The molecule has 0 saturated heterocycles. The van der Waals surface area contributed by atoms with Gasteiger partial charge in [0.25, 0.3) is 5.69 Å². The molecule has 0 saturated carbocycles. The predicted molar refractivity (Wildman–Crippen MR) is 104 cm³/mol. The summed E-state index contributed by atoms with van der Waals surface area (Å²) in [5.41, 5.74) is 3.10. The van der Waals surface area contributed by atoms with Gasteiger partial charge in [-0.3, -0.25) is 14.8 Å². The average molecular weight is 382 g/mol. The fourth-order valence-corrected chi connectivity index (χ4v) is 2.73. The van der Waals surface area contributed by atoms with E-state index in [1.165, 1.54) is 12.1 Å². The molecule has 1 N–H and O–H groups in total. The first kappa shape index (κ1) is 19.4. The van der Waals surface area contributed by atoms with Gasteiger partial charge in [-0.15, -0.1) is 0 Å². The van der Waals surface area contributed by atoms with E-state index in [4.69, 9.17) is 9.47 Å². The first-order valence-electron chi connectivity index (χ1n) is 8.76. The number of benzene rings is 2. The average Bonchev–Trinajstić information content (AvgIpc) is 3.12. The van der Waals surface area contributed by atoms with Crippen molar-refractivity contribution in [1.82, 2.24) is 15.1 Å². The molecular weight excluding hydrogens is 360 g/mol. The molecule has 146 valence electrons. The highest BCUT2D eigenvalue weighted by molar-refractivity contribution is 5.43. The van der Waals surface area contributed by atoms with Crippen molar-refractivity contribution in [2.75, 3.05) is 7.11 Å². The van der Waals surface area contributed by atoms with Gasteiger partial charge in [0.2, 0.25) is 0 Å². The van der Waals surface area contributed by atoms with Crippen LogP contribution >= 0.6 is 0 Å². The predicted octanol–water partition coefficient (Wildman–Crippen LogP) is 3.21. The maximum atomic E-state index is 10.7. The number of aryl methyl sites for hydroxylation is 1. The van der Waals surface area contributed by atoms with E-state index in [2.05, 4.69) is 10.4 Å². The van der Waals surface area contributed by atoms with Crippen molar-refractivity contribution in [2.24, 2.45) is 7.05 Å². The molecule has 0 aliphatic rings. The minimum atomic E-state index is -0.422. The molecule has 0 fully saturated rings. The van der Waals surface area contributed by atoms with Crippen LogP contribution < -0.4 is 14.8 Å². The molecule has 28 heavy (non-hydrogen) atoms. The highest BCUT2D eigenvalue weighted by atomic mass is 16.6. The van der Waals surface area contributed by atoms with Crippen LogP contribution in [-0.2, 0) is 26.7 Å². The molecule has 0 amide bonds. The summed E-state index contributed by atoms with van der Waals surface area (Å²) in [7, 11) is 3.49. The Morgan fingerprint density at radius 3 is 2.43 bits per heavy atom. The van der Waals surface area contributed by atoms with Crippen LogP contribution in [-0.4, -0.2) is 21.8 Å². The van der Waals surface area contributed by atoms with Gasteiger partial charge in [0.15, 0.2) is 11.5 Å². The monoisotopic (exact) mass is 382 g/mol. The summed E-state index contributed by atoms with van der Waals surface area (Å²) < 4.78 is 13.0. The van der Waals surface area contributed by atoms with E-state index in [1.807, 2.05) is 37.6 Å². The Balaban J connectivity index is 1.56. The van der Waals surface area contributed by atoms with Gasteiger partial charge in [-0.05, 0) is 35.4 Å². The van der Waals surface area contributed by atoms with Gasteiger partial charge in [0, 0.05) is 44.0 Å². The Kier molecular flexibility index (Phi) is 6.23.